The van der Waals surface area contributed by atoms with Crippen LogP contribution in [0.3, 0.4) is 0 Å². The molecular formula is C23H31NO6. The van der Waals surface area contributed by atoms with Crippen LogP contribution in [0.4, 0.5) is 0 Å². The van der Waals surface area contributed by atoms with Gasteiger partial charge in [-0.2, -0.15) is 0 Å². The quantitative estimate of drug-likeness (QED) is 0.631. The van der Waals surface area contributed by atoms with Crippen LogP contribution in [0.25, 0.3) is 0 Å². The number of fused-ring (bicyclic) bond motifs is 1. The minimum absolute atomic E-state index is 0.0248. The standard InChI is InChI=1S/C23H31NO6/c25-10-4-5-11-27-22-14-17(16-8-9-19-20(12-16)29-15-28-19)13-21(30-22)23(26)24-18-6-2-1-3-7-18/h8-9,12-13,17-18,22,25H,1-7,10-11,14-15H2,(H,24,26)/t17-,22+/m0/s1. The molecule has 4 rings (SSSR count). The number of carbonyl (C=O) groups excluding carboxylic acids is 1. The number of amides is 1. The summed E-state index contributed by atoms with van der Waals surface area (Å²) in [6.07, 6.45) is 9.02. The molecule has 1 aliphatic carbocycles. The highest BCUT2D eigenvalue weighted by molar-refractivity contribution is 5.92. The third-order valence-electron chi connectivity index (χ3n) is 5.90. The monoisotopic (exact) mass is 417 g/mol. The van der Waals surface area contributed by atoms with Crippen LogP contribution in [0.2, 0.25) is 0 Å². The van der Waals surface area contributed by atoms with Crippen molar-refractivity contribution in [2.45, 2.75) is 69.6 Å². The maximum Gasteiger partial charge on any atom is 0.286 e. The van der Waals surface area contributed by atoms with Gasteiger partial charge in [-0.1, -0.05) is 25.3 Å². The molecule has 30 heavy (non-hydrogen) atoms. The Morgan fingerprint density at radius 1 is 1.13 bits per heavy atom. The number of allylic oxidation sites excluding steroid dienone is 1. The zero-order valence-corrected chi connectivity index (χ0v) is 17.3. The number of ether oxygens (including phenoxy) is 4. The van der Waals surface area contributed by atoms with E-state index < -0.39 is 6.29 Å². The van der Waals surface area contributed by atoms with E-state index in [0.29, 0.717) is 25.2 Å². The molecule has 0 unspecified atom stereocenters. The van der Waals surface area contributed by atoms with Crippen LogP contribution < -0.4 is 14.8 Å². The summed E-state index contributed by atoms with van der Waals surface area (Å²) in [5.41, 5.74) is 1.04. The van der Waals surface area contributed by atoms with Crippen molar-refractivity contribution in [2.75, 3.05) is 20.0 Å². The molecule has 2 N–H and O–H groups in total. The normalized spacial score (nSPS) is 23.6. The van der Waals surface area contributed by atoms with Gasteiger partial charge in [0.25, 0.3) is 5.91 Å². The second kappa shape index (κ2) is 10.2. The van der Waals surface area contributed by atoms with E-state index >= 15 is 0 Å². The summed E-state index contributed by atoms with van der Waals surface area (Å²) in [6, 6.07) is 6.08. The lowest BCUT2D eigenvalue weighted by Gasteiger charge is -2.30. The van der Waals surface area contributed by atoms with Crippen molar-refractivity contribution in [3.8, 4) is 11.5 Å². The Labute approximate surface area is 177 Å². The average molecular weight is 418 g/mol. The smallest absolute Gasteiger partial charge is 0.286 e. The summed E-state index contributed by atoms with van der Waals surface area (Å²) in [7, 11) is 0. The minimum Gasteiger partial charge on any atom is -0.459 e. The summed E-state index contributed by atoms with van der Waals surface area (Å²) in [6.45, 7) is 0.855. The summed E-state index contributed by atoms with van der Waals surface area (Å²) < 4.78 is 22.7. The van der Waals surface area contributed by atoms with E-state index in [0.717, 1.165) is 49.2 Å². The van der Waals surface area contributed by atoms with E-state index in [1.54, 1.807) is 0 Å². The van der Waals surface area contributed by atoms with E-state index in [1.165, 1.54) is 6.42 Å². The molecule has 7 nitrogen and oxygen atoms in total. The van der Waals surface area contributed by atoms with Gasteiger partial charge in [-0.3, -0.25) is 4.79 Å². The zero-order chi connectivity index (χ0) is 20.8. The molecule has 7 heteroatoms. The topological polar surface area (TPSA) is 86.3 Å². The van der Waals surface area contributed by atoms with Crippen molar-refractivity contribution in [3.05, 3.63) is 35.6 Å². The molecule has 0 bridgehead atoms. The molecule has 2 heterocycles. The maximum atomic E-state index is 12.9. The first kappa shape index (κ1) is 21.0. The SMILES string of the molecule is O=C(NC1CCCCC1)C1=C[C@H](c2ccc3c(c2)OCO3)C[C@H](OCCCCO)O1. The van der Waals surface area contributed by atoms with Crippen molar-refractivity contribution >= 4 is 5.91 Å². The predicted octanol–water partition coefficient (Wildman–Crippen LogP) is 3.37. The van der Waals surface area contributed by atoms with Crippen LogP contribution in [0.5, 0.6) is 11.5 Å². The molecule has 1 amide bonds. The van der Waals surface area contributed by atoms with Crippen molar-refractivity contribution in [3.63, 3.8) is 0 Å². The van der Waals surface area contributed by atoms with E-state index in [4.69, 9.17) is 24.1 Å². The van der Waals surface area contributed by atoms with Gasteiger partial charge in [-0.15, -0.1) is 0 Å². The molecule has 0 saturated heterocycles. The first-order chi connectivity index (χ1) is 14.7. The van der Waals surface area contributed by atoms with Gasteiger partial charge in [-0.25, -0.2) is 0 Å². The highest BCUT2D eigenvalue weighted by Crippen LogP contribution is 2.38. The largest absolute Gasteiger partial charge is 0.459 e. The lowest BCUT2D eigenvalue weighted by molar-refractivity contribution is -0.147. The van der Waals surface area contributed by atoms with Crippen molar-refractivity contribution < 1.29 is 28.8 Å². The van der Waals surface area contributed by atoms with Gasteiger partial charge in [0.15, 0.2) is 17.3 Å². The van der Waals surface area contributed by atoms with Crippen molar-refractivity contribution in [1.29, 1.82) is 0 Å². The lowest BCUT2D eigenvalue weighted by atomic mass is 9.92. The van der Waals surface area contributed by atoms with Crippen LogP contribution in [0, 0.1) is 0 Å². The molecule has 1 fully saturated rings. The number of unbranched alkanes of at least 4 members (excludes halogenated alkanes) is 1. The molecule has 2 aliphatic heterocycles. The van der Waals surface area contributed by atoms with E-state index in [1.807, 2.05) is 24.3 Å². The molecule has 0 spiro atoms. The number of hydrogen-bond donors (Lipinski definition) is 2. The molecule has 2 atom stereocenters. The van der Waals surface area contributed by atoms with Crippen molar-refractivity contribution in [1.82, 2.24) is 5.32 Å². The second-order valence-corrected chi connectivity index (χ2v) is 8.14. The van der Waals surface area contributed by atoms with Crippen LogP contribution >= 0.6 is 0 Å². The fourth-order valence-electron chi connectivity index (χ4n) is 4.23. The van der Waals surface area contributed by atoms with Gasteiger partial charge in [0, 0.05) is 25.0 Å². The minimum atomic E-state index is -0.503. The molecule has 0 aromatic heterocycles. The Hall–Kier alpha value is -2.25. The number of carbonyl (C=O) groups is 1. The maximum absolute atomic E-state index is 12.9. The third-order valence-corrected chi connectivity index (χ3v) is 5.90. The first-order valence-corrected chi connectivity index (χ1v) is 11.0. The van der Waals surface area contributed by atoms with Gasteiger partial charge in [0.1, 0.15) is 0 Å². The van der Waals surface area contributed by atoms with Crippen molar-refractivity contribution in [2.24, 2.45) is 0 Å². The number of aliphatic hydroxyl groups excluding tert-OH is 1. The summed E-state index contributed by atoms with van der Waals surface area (Å²) in [5.74, 6) is 1.59. The summed E-state index contributed by atoms with van der Waals surface area (Å²) in [5, 5.41) is 12.1. The lowest BCUT2D eigenvalue weighted by Crippen LogP contribution is -2.39. The zero-order valence-electron chi connectivity index (χ0n) is 17.3. The van der Waals surface area contributed by atoms with Crippen LogP contribution in [-0.4, -0.2) is 43.4 Å². The number of nitrogens with one attached hydrogen (secondary N) is 1. The fraction of sp³-hybridized carbons (Fsp3) is 0.609. The Morgan fingerprint density at radius 2 is 1.97 bits per heavy atom. The number of rotatable bonds is 8. The molecule has 1 saturated carbocycles. The van der Waals surface area contributed by atoms with E-state index in [9.17, 15) is 4.79 Å². The van der Waals surface area contributed by atoms with Crippen LogP contribution in [-0.2, 0) is 14.3 Å². The molecule has 164 valence electrons. The second-order valence-electron chi connectivity index (χ2n) is 8.14. The Bertz CT molecular complexity index is 758. The van der Waals surface area contributed by atoms with Gasteiger partial charge in [0.2, 0.25) is 13.1 Å². The molecule has 1 aromatic carbocycles. The molecule has 1 aromatic rings. The predicted molar refractivity (Wildman–Crippen MR) is 110 cm³/mol. The Balaban J connectivity index is 1.48. The highest BCUT2D eigenvalue weighted by atomic mass is 16.7. The molecule has 0 radical (unpaired) electrons. The fourth-order valence-corrected chi connectivity index (χ4v) is 4.23. The number of aliphatic hydroxyl groups is 1. The van der Waals surface area contributed by atoms with Gasteiger partial charge in [0.05, 0.1) is 6.61 Å². The molecule has 3 aliphatic rings. The molecular weight excluding hydrogens is 386 g/mol. The number of hydrogen-bond acceptors (Lipinski definition) is 6. The first-order valence-electron chi connectivity index (χ1n) is 11.0. The highest BCUT2D eigenvalue weighted by Gasteiger charge is 2.30. The van der Waals surface area contributed by atoms with Gasteiger partial charge >= 0.3 is 0 Å². The van der Waals surface area contributed by atoms with Gasteiger partial charge in [-0.05, 0) is 49.5 Å². The summed E-state index contributed by atoms with van der Waals surface area (Å²) in [4.78, 5) is 12.9. The number of benzene rings is 1. The van der Waals surface area contributed by atoms with Gasteiger partial charge < -0.3 is 29.4 Å². The Kier molecular flexibility index (Phi) is 7.12. The van der Waals surface area contributed by atoms with Crippen LogP contribution in [0.1, 0.15) is 62.8 Å². The Morgan fingerprint density at radius 3 is 2.80 bits per heavy atom. The van der Waals surface area contributed by atoms with E-state index in [2.05, 4.69) is 5.32 Å². The van der Waals surface area contributed by atoms with E-state index in [-0.39, 0.29) is 31.3 Å². The van der Waals surface area contributed by atoms with Crippen LogP contribution in [0.15, 0.2) is 30.0 Å². The summed E-state index contributed by atoms with van der Waals surface area (Å²) >= 11 is 0. The average Bonchev–Trinajstić information content (AvgIpc) is 3.25. The third kappa shape index (κ3) is 5.26.